The molecule has 1 atom stereocenters. The molecule has 0 radical (unpaired) electrons. The van der Waals surface area contributed by atoms with Gasteiger partial charge in [-0.1, -0.05) is 42.5 Å². The molecule has 0 saturated heterocycles. The van der Waals surface area contributed by atoms with E-state index in [2.05, 4.69) is 58.5 Å². The van der Waals surface area contributed by atoms with E-state index >= 15 is 0 Å². The predicted octanol–water partition coefficient (Wildman–Crippen LogP) is 2.82. The maximum absolute atomic E-state index is 4.88. The third-order valence-corrected chi connectivity index (χ3v) is 5.17. The first-order valence-electron chi connectivity index (χ1n) is 8.13. The molecule has 3 heteroatoms. The van der Waals surface area contributed by atoms with Crippen molar-refractivity contribution in [2.75, 3.05) is 18.0 Å². The number of nitrogens with zero attached hydrogens (tertiary/aromatic N) is 3. The van der Waals surface area contributed by atoms with Crippen LogP contribution in [-0.2, 0) is 19.4 Å². The van der Waals surface area contributed by atoms with Gasteiger partial charge in [-0.2, -0.15) is 0 Å². The lowest BCUT2D eigenvalue weighted by atomic mass is 10.00. The number of rotatable bonds is 1. The summed E-state index contributed by atoms with van der Waals surface area (Å²) in [5.41, 5.74) is 7.14. The van der Waals surface area contributed by atoms with Gasteiger partial charge in [0.05, 0.1) is 5.69 Å². The highest BCUT2D eigenvalue weighted by Crippen LogP contribution is 2.37. The van der Waals surface area contributed by atoms with E-state index in [-0.39, 0.29) is 6.29 Å². The summed E-state index contributed by atoms with van der Waals surface area (Å²) < 4.78 is 0. The molecule has 2 aromatic carbocycles. The zero-order valence-corrected chi connectivity index (χ0v) is 12.6. The van der Waals surface area contributed by atoms with Gasteiger partial charge in [0, 0.05) is 31.4 Å². The summed E-state index contributed by atoms with van der Waals surface area (Å²) >= 11 is 0. The summed E-state index contributed by atoms with van der Waals surface area (Å²) in [6.45, 7) is 3.19. The first-order valence-corrected chi connectivity index (χ1v) is 8.13. The Hall–Kier alpha value is -2.13. The molecular weight excluding hydrogens is 270 g/mol. The van der Waals surface area contributed by atoms with E-state index in [9.17, 15) is 0 Å². The van der Waals surface area contributed by atoms with Crippen LogP contribution in [0.5, 0.6) is 0 Å². The summed E-state index contributed by atoms with van der Waals surface area (Å²) in [4.78, 5) is 9.90. The molecular formula is C19H19N3. The third-order valence-electron chi connectivity index (χ3n) is 5.17. The molecule has 0 N–H and O–H groups in total. The monoisotopic (exact) mass is 289 g/mol. The Kier molecular flexibility index (Phi) is 2.64. The molecule has 2 aromatic rings. The molecule has 5 rings (SSSR count). The van der Waals surface area contributed by atoms with Crippen molar-refractivity contribution in [3.05, 3.63) is 64.7 Å². The fourth-order valence-electron chi connectivity index (χ4n) is 4.08. The molecule has 1 unspecified atom stereocenters. The van der Waals surface area contributed by atoms with Crippen LogP contribution in [0.3, 0.4) is 0 Å². The van der Waals surface area contributed by atoms with E-state index < -0.39 is 0 Å². The molecule has 0 spiro atoms. The fraction of sp³-hybridized carbons (Fsp3) is 0.316. The van der Waals surface area contributed by atoms with Crippen LogP contribution in [0.4, 0.5) is 5.69 Å². The second-order valence-electron chi connectivity index (χ2n) is 6.41. The predicted molar refractivity (Wildman–Crippen MR) is 89.4 cm³/mol. The lowest BCUT2D eigenvalue weighted by Crippen LogP contribution is -2.50. The number of hydrogen-bond acceptors (Lipinski definition) is 3. The van der Waals surface area contributed by atoms with Crippen LogP contribution < -0.4 is 4.90 Å². The SMILES string of the molecule is C1=NC(N2CCc3ccccc3C2)N2CCc3cccc1c32. The Bertz CT molecular complexity index is 765. The van der Waals surface area contributed by atoms with Crippen LogP contribution in [0.25, 0.3) is 0 Å². The van der Waals surface area contributed by atoms with Crippen molar-refractivity contribution in [2.45, 2.75) is 25.7 Å². The Labute approximate surface area is 130 Å². The van der Waals surface area contributed by atoms with Crippen molar-refractivity contribution < 1.29 is 0 Å². The van der Waals surface area contributed by atoms with Crippen molar-refractivity contribution in [2.24, 2.45) is 4.99 Å². The first kappa shape index (κ1) is 12.4. The molecule has 22 heavy (non-hydrogen) atoms. The van der Waals surface area contributed by atoms with E-state index in [1.807, 2.05) is 0 Å². The topological polar surface area (TPSA) is 18.8 Å². The van der Waals surface area contributed by atoms with E-state index in [1.165, 1.54) is 27.9 Å². The lowest BCUT2D eigenvalue weighted by Gasteiger charge is -2.41. The normalized spacial score (nSPS) is 22.5. The largest absolute Gasteiger partial charge is 0.336 e. The van der Waals surface area contributed by atoms with Gasteiger partial charge in [0.25, 0.3) is 0 Å². The maximum atomic E-state index is 4.88. The lowest BCUT2D eigenvalue weighted by molar-refractivity contribution is 0.179. The molecule has 0 saturated carbocycles. The van der Waals surface area contributed by atoms with Crippen LogP contribution in [0, 0.1) is 0 Å². The zero-order chi connectivity index (χ0) is 14.5. The zero-order valence-electron chi connectivity index (χ0n) is 12.6. The van der Waals surface area contributed by atoms with Gasteiger partial charge in [0.15, 0.2) is 6.29 Å². The highest BCUT2D eigenvalue weighted by molar-refractivity contribution is 5.92. The standard InChI is InChI=1S/C19H19N3/c1-2-5-17-13-21(10-8-14(17)4-1)19-20-12-16-7-3-6-15-9-11-22(19)18(15)16/h1-7,12,19H,8-11,13H2. The van der Waals surface area contributed by atoms with E-state index in [1.54, 1.807) is 0 Å². The van der Waals surface area contributed by atoms with Crippen LogP contribution in [0.15, 0.2) is 47.5 Å². The summed E-state index contributed by atoms with van der Waals surface area (Å²) in [5.74, 6) is 0. The average Bonchev–Trinajstić information content (AvgIpc) is 3.01. The summed E-state index contributed by atoms with van der Waals surface area (Å²) in [5, 5.41) is 0. The van der Waals surface area contributed by atoms with E-state index in [0.717, 1.165) is 32.5 Å². The van der Waals surface area contributed by atoms with E-state index in [4.69, 9.17) is 4.99 Å². The third kappa shape index (κ3) is 1.75. The van der Waals surface area contributed by atoms with Crippen molar-refractivity contribution in [3.63, 3.8) is 0 Å². The number of aliphatic imine (C=N–C) groups is 1. The number of fused-ring (bicyclic) bond motifs is 1. The van der Waals surface area contributed by atoms with Crippen LogP contribution >= 0.6 is 0 Å². The van der Waals surface area contributed by atoms with Gasteiger partial charge in [0.1, 0.15) is 0 Å². The summed E-state index contributed by atoms with van der Waals surface area (Å²) in [6.07, 6.45) is 4.52. The van der Waals surface area contributed by atoms with Gasteiger partial charge < -0.3 is 4.90 Å². The Morgan fingerprint density at radius 3 is 2.64 bits per heavy atom. The van der Waals surface area contributed by atoms with Crippen molar-refractivity contribution in [1.29, 1.82) is 0 Å². The first-order chi connectivity index (χ1) is 10.9. The van der Waals surface area contributed by atoms with Gasteiger partial charge in [-0.25, -0.2) is 0 Å². The minimum absolute atomic E-state index is 0.171. The average molecular weight is 289 g/mol. The summed E-state index contributed by atoms with van der Waals surface area (Å²) in [6, 6.07) is 15.4. The van der Waals surface area contributed by atoms with Gasteiger partial charge in [-0.05, 0) is 29.5 Å². The molecule has 0 bridgehead atoms. The number of hydrogen-bond donors (Lipinski definition) is 0. The molecule has 3 aliphatic rings. The van der Waals surface area contributed by atoms with Crippen molar-refractivity contribution >= 4 is 11.9 Å². The molecule has 3 aliphatic heterocycles. The molecule has 110 valence electrons. The Balaban J connectivity index is 1.49. The van der Waals surface area contributed by atoms with Crippen LogP contribution in [0.1, 0.15) is 22.3 Å². The molecule has 0 fully saturated rings. The minimum atomic E-state index is 0.171. The number of benzene rings is 2. The molecule has 0 aliphatic carbocycles. The molecule has 3 heterocycles. The smallest absolute Gasteiger partial charge is 0.179 e. The fourth-order valence-corrected chi connectivity index (χ4v) is 4.08. The van der Waals surface area contributed by atoms with Crippen molar-refractivity contribution in [1.82, 2.24) is 4.90 Å². The Morgan fingerprint density at radius 2 is 1.68 bits per heavy atom. The highest BCUT2D eigenvalue weighted by atomic mass is 15.4. The van der Waals surface area contributed by atoms with Gasteiger partial charge >= 0.3 is 0 Å². The second-order valence-corrected chi connectivity index (χ2v) is 6.41. The quantitative estimate of drug-likeness (QED) is 0.804. The number of para-hydroxylation sites is 1. The van der Waals surface area contributed by atoms with Gasteiger partial charge in [-0.3, -0.25) is 9.89 Å². The highest BCUT2D eigenvalue weighted by Gasteiger charge is 2.34. The van der Waals surface area contributed by atoms with Crippen molar-refractivity contribution in [3.8, 4) is 0 Å². The van der Waals surface area contributed by atoms with Crippen LogP contribution in [0.2, 0.25) is 0 Å². The number of anilines is 1. The molecule has 3 nitrogen and oxygen atoms in total. The maximum Gasteiger partial charge on any atom is 0.179 e. The molecule has 0 amide bonds. The van der Waals surface area contributed by atoms with Crippen LogP contribution in [-0.4, -0.2) is 30.5 Å². The van der Waals surface area contributed by atoms with Gasteiger partial charge in [-0.15, -0.1) is 0 Å². The molecule has 0 aromatic heterocycles. The van der Waals surface area contributed by atoms with E-state index in [0.29, 0.717) is 0 Å². The Morgan fingerprint density at radius 1 is 0.864 bits per heavy atom. The second kappa shape index (κ2) is 4.68. The van der Waals surface area contributed by atoms with Gasteiger partial charge in [0.2, 0.25) is 0 Å². The minimum Gasteiger partial charge on any atom is -0.336 e. The summed E-state index contributed by atoms with van der Waals surface area (Å²) in [7, 11) is 0.